The Morgan fingerprint density at radius 3 is 2.52 bits per heavy atom. The van der Waals surface area contributed by atoms with Gasteiger partial charge in [0.05, 0.1) is 0 Å². The van der Waals surface area contributed by atoms with Crippen molar-refractivity contribution in [3.63, 3.8) is 0 Å². The van der Waals surface area contributed by atoms with Gasteiger partial charge in [-0.1, -0.05) is 19.3 Å². The zero-order valence-corrected chi connectivity index (χ0v) is 12.1. The molecular formula is C14H21F3N2O2. The van der Waals surface area contributed by atoms with Crippen LogP contribution in [0.2, 0.25) is 0 Å². The predicted octanol–water partition coefficient (Wildman–Crippen LogP) is 2.38. The number of likely N-dealkylation sites (tertiary alicyclic amines) is 1. The fraction of sp³-hybridized carbons (Fsp3) is 0.857. The molecule has 1 heterocycles. The molecule has 2 amide bonds. The Kier molecular flexibility index (Phi) is 4.49. The maximum Gasteiger partial charge on any atom is 0.406 e. The summed E-state index contributed by atoms with van der Waals surface area (Å²) in [5.74, 6) is -1.06. The highest BCUT2D eigenvalue weighted by Crippen LogP contribution is 2.33. The number of nitrogens with one attached hydrogen (secondary N) is 1. The highest BCUT2D eigenvalue weighted by molar-refractivity contribution is 5.94. The van der Waals surface area contributed by atoms with Crippen LogP contribution in [0.5, 0.6) is 0 Å². The summed E-state index contributed by atoms with van der Waals surface area (Å²) in [6.45, 7) is 0.0716. The summed E-state index contributed by atoms with van der Waals surface area (Å²) in [6, 6.07) is 0.0199. The van der Waals surface area contributed by atoms with Crippen molar-refractivity contribution in [2.75, 3.05) is 6.54 Å². The van der Waals surface area contributed by atoms with E-state index in [4.69, 9.17) is 0 Å². The molecule has 2 rings (SSSR count). The van der Waals surface area contributed by atoms with Crippen molar-refractivity contribution in [3.8, 4) is 0 Å². The fourth-order valence-corrected chi connectivity index (χ4v) is 3.16. The molecule has 2 aliphatic rings. The molecule has 0 radical (unpaired) electrons. The molecule has 1 aliphatic heterocycles. The van der Waals surface area contributed by atoms with Gasteiger partial charge in [-0.3, -0.25) is 9.59 Å². The van der Waals surface area contributed by atoms with Crippen molar-refractivity contribution in [2.45, 2.75) is 69.6 Å². The van der Waals surface area contributed by atoms with Crippen LogP contribution in [0, 0.1) is 0 Å². The first-order valence-electron chi connectivity index (χ1n) is 7.40. The number of carbonyl (C=O) groups is 2. The zero-order valence-electron chi connectivity index (χ0n) is 12.1. The first-order valence-corrected chi connectivity index (χ1v) is 7.40. The molecule has 1 unspecified atom stereocenters. The third-order valence-corrected chi connectivity index (χ3v) is 4.49. The standard InChI is InChI=1S/C14H21F3N2O2/c1-13(12(21)18-10-5-3-2-4-6-10)8-7-11(20)19(13)9-14(15,16)17/h10H,2-9H2,1H3,(H,18,21). The lowest BCUT2D eigenvalue weighted by Crippen LogP contribution is -2.58. The van der Waals surface area contributed by atoms with Crippen molar-refractivity contribution < 1.29 is 22.8 Å². The van der Waals surface area contributed by atoms with E-state index in [2.05, 4.69) is 5.32 Å². The van der Waals surface area contributed by atoms with Gasteiger partial charge in [0.2, 0.25) is 11.8 Å². The molecule has 0 aromatic carbocycles. The van der Waals surface area contributed by atoms with E-state index in [1.807, 2.05) is 0 Å². The number of halogens is 3. The Bertz CT molecular complexity index is 419. The van der Waals surface area contributed by atoms with Gasteiger partial charge in [0, 0.05) is 12.5 Å². The molecule has 21 heavy (non-hydrogen) atoms. The Morgan fingerprint density at radius 1 is 1.33 bits per heavy atom. The van der Waals surface area contributed by atoms with Crippen LogP contribution in [-0.4, -0.2) is 41.0 Å². The summed E-state index contributed by atoms with van der Waals surface area (Å²) in [6.07, 6.45) is 0.517. The summed E-state index contributed by atoms with van der Waals surface area (Å²) in [5.41, 5.74) is -1.38. The number of alkyl halides is 3. The van der Waals surface area contributed by atoms with E-state index >= 15 is 0 Å². The van der Waals surface area contributed by atoms with Crippen LogP contribution in [0.25, 0.3) is 0 Å². The van der Waals surface area contributed by atoms with E-state index in [9.17, 15) is 22.8 Å². The maximum absolute atomic E-state index is 12.6. The Hall–Kier alpha value is -1.27. The molecule has 1 aliphatic carbocycles. The van der Waals surface area contributed by atoms with E-state index in [1.165, 1.54) is 6.92 Å². The van der Waals surface area contributed by atoms with Gasteiger partial charge in [0.15, 0.2) is 0 Å². The van der Waals surface area contributed by atoms with Gasteiger partial charge in [-0.25, -0.2) is 0 Å². The number of nitrogens with zero attached hydrogens (tertiary/aromatic N) is 1. The molecule has 0 aromatic rings. The first kappa shape index (κ1) is 16.1. The van der Waals surface area contributed by atoms with E-state index < -0.39 is 30.1 Å². The van der Waals surface area contributed by atoms with Gasteiger partial charge in [0.25, 0.3) is 0 Å². The largest absolute Gasteiger partial charge is 0.406 e. The molecule has 0 bridgehead atoms. The molecule has 2 fully saturated rings. The smallest absolute Gasteiger partial charge is 0.351 e. The number of carbonyl (C=O) groups excluding carboxylic acids is 2. The number of amides is 2. The molecule has 0 aromatic heterocycles. The highest BCUT2D eigenvalue weighted by atomic mass is 19.4. The van der Waals surface area contributed by atoms with Gasteiger partial charge in [-0.05, 0) is 26.2 Å². The van der Waals surface area contributed by atoms with E-state index in [1.54, 1.807) is 0 Å². The molecule has 7 heteroatoms. The molecule has 4 nitrogen and oxygen atoms in total. The van der Waals surface area contributed by atoms with Crippen molar-refractivity contribution in [3.05, 3.63) is 0 Å². The minimum atomic E-state index is -4.49. The molecule has 1 N–H and O–H groups in total. The van der Waals surface area contributed by atoms with Crippen LogP contribution >= 0.6 is 0 Å². The topological polar surface area (TPSA) is 49.4 Å². The molecule has 1 saturated heterocycles. The Labute approximate surface area is 122 Å². The second-order valence-electron chi connectivity index (χ2n) is 6.18. The van der Waals surface area contributed by atoms with Crippen molar-refractivity contribution in [1.82, 2.24) is 10.2 Å². The number of rotatable bonds is 3. The maximum atomic E-state index is 12.6. The van der Waals surface area contributed by atoms with Crippen molar-refractivity contribution in [1.29, 1.82) is 0 Å². The first-order chi connectivity index (χ1) is 9.72. The summed E-state index contributed by atoms with van der Waals surface area (Å²) in [4.78, 5) is 24.8. The Morgan fingerprint density at radius 2 is 1.95 bits per heavy atom. The summed E-state index contributed by atoms with van der Waals surface area (Å²) in [5, 5.41) is 2.84. The molecular weight excluding hydrogens is 285 g/mol. The van der Waals surface area contributed by atoms with Crippen molar-refractivity contribution >= 4 is 11.8 Å². The average molecular weight is 306 g/mol. The van der Waals surface area contributed by atoms with Gasteiger partial charge in [-0.15, -0.1) is 0 Å². The van der Waals surface area contributed by atoms with Gasteiger partial charge in [0.1, 0.15) is 12.1 Å². The zero-order chi connectivity index (χ0) is 15.7. The molecule has 1 saturated carbocycles. The lowest BCUT2D eigenvalue weighted by Gasteiger charge is -2.36. The second kappa shape index (κ2) is 5.85. The fourth-order valence-electron chi connectivity index (χ4n) is 3.16. The van der Waals surface area contributed by atoms with Crippen LogP contribution in [0.3, 0.4) is 0 Å². The predicted molar refractivity (Wildman–Crippen MR) is 70.4 cm³/mol. The van der Waals surface area contributed by atoms with Crippen LogP contribution in [0.15, 0.2) is 0 Å². The molecule has 120 valence electrons. The van der Waals surface area contributed by atoms with E-state index in [0.29, 0.717) is 4.90 Å². The monoisotopic (exact) mass is 306 g/mol. The van der Waals surface area contributed by atoms with Crippen molar-refractivity contribution in [2.24, 2.45) is 0 Å². The van der Waals surface area contributed by atoms with E-state index in [0.717, 1.165) is 32.1 Å². The van der Waals surface area contributed by atoms with Crippen LogP contribution in [-0.2, 0) is 9.59 Å². The van der Waals surface area contributed by atoms with Crippen LogP contribution in [0.4, 0.5) is 13.2 Å². The third kappa shape index (κ3) is 3.68. The highest BCUT2D eigenvalue weighted by Gasteiger charge is 2.51. The molecule has 1 atom stereocenters. The van der Waals surface area contributed by atoms with Gasteiger partial charge >= 0.3 is 6.18 Å². The van der Waals surface area contributed by atoms with Gasteiger partial charge in [-0.2, -0.15) is 13.2 Å². The SMILES string of the molecule is CC1(C(=O)NC2CCCCC2)CCC(=O)N1CC(F)(F)F. The van der Waals surface area contributed by atoms with Crippen LogP contribution in [0.1, 0.15) is 51.9 Å². The van der Waals surface area contributed by atoms with Gasteiger partial charge < -0.3 is 10.2 Å². The minimum absolute atomic E-state index is 0.00926. The summed E-state index contributed by atoms with van der Waals surface area (Å²) >= 11 is 0. The lowest BCUT2D eigenvalue weighted by molar-refractivity contribution is -0.169. The summed E-state index contributed by atoms with van der Waals surface area (Å²) < 4.78 is 37.9. The number of hydrogen-bond acceptors (Lipinski definition) is 2. The second-order valence-corrected chi connectivity index (χ2v) is 6.18. The average Bonchev–Trinajstić information content (AvgIpc) is 2.68. The number of hydrogen-bond donors (Lipinski definition) is 1. The lowest BCUT2D eigenvalue weighted by atomic mass is 9.92. The normalized spacial score (nSPS) is 28.0. The third-order valence-electron chi connectivity index (χ3n) is 4.49. The summed E-state index contributed by atoms with van der Waals surface area (Å²) in [7, 11) is 0. The minimum Gasteiger partial charge on any atom is -0.351 e. The van der Waals surface area contributed by atoms with Crippen LogP contribution < -0.4 is 5.32 Å². The Balaban J connectivity index is 2.06. The van der Waals surface area contributed by atoms with E-state index in [-0.39, 0.29) is 18.9 Å². The molecule has 0 spiro atoms. The quantitative estimate of drug-likeness (QED) is 0.870.